The van der Waals surface area contributed by atoms with Gasteiger partial charge in [0.2, 0.25) is 0 Å². The van der Waals surface area contributed by atoms with Gasteiger partial charge in [-0.05, 0) is 31.1 Å². The molecule has 0 amide bonds. The summed E-state index contributed by atoms with van der Waals surface area (Å²) in [5.41, 5.74) is 2.08. The summed E-state index contributed by atoms with van der Waals surface area (Å²) in [4.78, 5) is 0. The van der Waals surface area contributed by atoms with Crippen LogP contribution >= 0.6 is 0 Å². The van der Waals surface area contributed by atoms with Crippen LogP contribution < -0.4 is 4.74 Å². The summed E-state index contributed by atoms with van der Waals surface area (Å²) in [6.45, 7) is 6.32. The fourth-order valence-corrected chi connectivity index (χ4v) is 1.52. The van der Waals surface area contributed by atoms with Crippen molar-refractivity contribution in [2.45, 2.75) is 13.3 Å². The molecule has 16 heavy (non-hydrogen) atoms. The Morgan fingerprint density at radius 2 is 2.31 bits per heavy atom. The maximum atomic E-state index is 8.53. The van der Waals surface area contributed by atoms with Crippen LogP contribution in [0, 0.1) is 11.3 Å². The van der Waals surface area contributed by atoms with Crippen molar-refractivity contribution in [2.24, 2.45) is 0 Å². The Kier molecular flexibility index (Phi) is 4.88. The van der Waals surface area contributed by atoms with Crippen molar-refractivity contribution >= 4 is 6.08 Å². The molecular formula is C14H15NO. The predicted octanol–water partition coefficient (Wildman–Crippen LogP) is 3.35. The Morgan fingerprint density at radius 1 is 1.50 bits per heavy atom. The molecule has 0 radical (unpaired) electrons. The number of hydrogen-bond acceptors (Lipinski definition) is 2. The van der Waals surface area contributed by atoms with E-state index in [0.29, 0.717) is 6.61 Å². The van der Waals surface area contributed by atoms with E-state index in [1.54, 1.807) is 6.08 Å². The first-order chi connectivity index (χ1) is 7.83. The van der Waals surface area contributed by atoms with Gasteiger partial charge in [0, 0.05) is 11.6 Å². The van der Waals surface area contributed by atoms with Crippen LogP contribution in [0.2, 0.25) is 0 Å². The van der Waals surface area contributed by atoms with Gasteiger partial charge in [-0.25, -0.2) is 0 Å². The second-order valence-corrected chi connectivity index (χ2v) is 3.21. The Hall–Kier alpha value is -2.01. The van der Waals surface area contributed by atoms with Gasteiger partial charge < -0.3 is 4.74 Å². The van der Waals surface area contributed by atoms with Crippen molar-refractivity contribution in [3.8, 4) is 11.8 Å². The van der Waals surface area contributed by atoms with E-state index in [4.69, 9.17) is 10.00 Å². The Bertz CT molecular complexity index is 427. The molecule has 0 aliphatic carbocycles. The standard InChI is InChI=1S/C14H15NO/c1-3-7-13-12(9-6-11-15)8-5-10-14(13)16-4-2/h3,5-6,8-10H,1,4,7H2,2H3/b9-6+. The zero-order valence-electron chi connectivity index (χ0n) is 9.44. The van der Waals surface area contributed by atoms with Gasteiger partial charge in [-0.3, -0.25) is 0 Å². The highest BCUT2D eigenvalue weighted by atomic mass is 16.5. The molecule has 1 rings (SSSR count). The molecule has 0 unspecified atom stereocenters. The molecule has 2 heteroatoms. The molecule has 0 bridgehead atoms. The van der Waals surface area contributed by atoms with E-state index in [2.05, 4.69) is 6.58 Å². The molecule has 0 aliphatic heterocycles. The van der Waals surface area contributed by atoms with Crippen LogP contribution in [0.4, 0.5) is 0 Å². The highest BCUT2D eigenvalue weighted by Crippen LogP contribution is 2.24. The zero-order chi connectivity index (χ0) is 11.8. The molecule has 82 valence electrons. The van der Waals surface area contributed by atoms with Crippen molar-refractivity contribution in [2.75, 3.05) is 6.61 Å². The van der Waals surface area contributed by atoms with E-state index in [1.165, 1.54) is 6.08 Å². The minimum absolute atomic E-state index is 0.634. The molecule has 0 saturated carbocycles. The summed E-state index contributed by atoms with van der Waals surface area (Å²) in [7, 11) is 0. The van der Waals surface area contributed by atoms with Crippen LogP contribution in [0.3, 0.4) is 0 Å². The molecule has 0 atom stereocenters. The van der Waals surface area contributed by atoms with Crippen LogP contribution in [-0.4, -0.2) is 6.61 Å². The molecule has 0 fully saturated rings. The molecule has 0 saturated heterocycles. The molecule has 0 aromatic heterocycles. The largest absolute Gasteiger partial charge is 0.494 e. The number of rotatable bonds is 5. The average molecular weight is 213 g/mol. The van der Waals surface area contributed by atoms with Gasteiger partial charge in [0.05, 0.1) is 12.7 Å². The topological polar surface area (TPSA) is 33.0 Å². The third kappa shape index (κ3) is 2.99. The van der Waals surface area contributed by atoms with Gasteiger partial charge in [-0.15, -0.1) is 6.58 Å². The fraction of sp³-hybridized carbons (Fsp3) is 0.214. The van der Waals surface area contributed by atoms with Crippen LogP contribution in [-0.2, 0) is 6.42 Å². The summed E-state index contributed by atoms with van der Waals surface area (Å²) in [5.74, 6) is 0.863. The van der Waals surface area contributed by atoms with E-state index in [9.17, 15) is 0 Å². The van der Waals surface area contributed by atoms with Crippen LogP contribution in [0.5, 0.6) is 5.75 Å². The lowest BCUT2D eigenvalue weighted by Crippen LogP contribution is -1.98. The lowest BCUT2D eigenvalue weighted by molar-refractivity contribution is 0.337. The SMILES string of the molecule is C=CCc1c(/C=C/C#N)cccc1OCC. The van der Waals surface area contributed by atoms with Crippen LogP contribution in [0.1, 0.15) is 18.1 Å². The number of hydrogen-bond donors (Lipinski definition) is 0. The maximum absolute atomic E-state index is 8.53. The van der Waals surface area contributed by atoms with E-state index < -0.39 is 0 Å². The second kappa shape index (κ2) is 6.47. The second-order valence-electron chi connectivity index (χ2n) is 3.21. The summed E-state index contributed by atoms with van der Waals surface area (Å²) >= 11 is 0. The Balaban J connectivity index is 3.15. The third-order valence-electron chi connectivity index (χ3n) is 2.16. The highest BCUT2D eigenvalue weighted by Gasteiger charge is 2.05. The molecule has 2 nitrogen and oxygen atoms in total. The average Bonchev–Trinajstić information content (AvgIpc) is 2.30. The number of nitriles is 1. The van der Waals surface area contributed by atoms with Gasteiger partial charge in [-0.2, -0.15) is 5.26 Å². The predicted molar refractivity (Wildman–Crippen MR) is 66.2 cm³/mol. The molecule has 0 aliphatic rings. The molecule has 1 aromatic rings. The Morgan fingerprint density at radius 3 is 2.94 bits per heavy atom. The fourth-order valence-electron chi connectivity index (χ4n) is 1.52. The maximum Gasteiger partial charge on any atom is 0.123 e. The van der Waals surface area contributed by atoms with Gasteiger partial charge in [0.25, 0.3) is 0 Å². The van der Waals surface area contributed by atoms with E-state index in [-0.39, 0.29) is 0 Å². The van der Waals surface area contributed by atoms with E-state index in [0.717, 1.165) is 23.3 Å². The minimum atomic E-state index is 0.634. The third-order valence-corrected chi connectivity index (χ3v) is 2.16. The van der Waals surface area contributed by atoms with Gasteiger partial charge in [0.1, 0.15) is 5.75 Å². The smallest absolute Gasteiger partial charge is 0.123 e. The first kappa shape index (κ1) is 12.1. The number of ether oxygens (including phenoxy) is 1. The normalized spacial score (nSPS) is 10.0. The Labute approximate surface area is 96.5 Å². The van der Waals surface area contributed by atoms with Crippen LogP contribution in [0.25, 0.3) is 6.08 Å². The first-order valence-corrected chi connectivity index (χ1v) is 5.25. The lowest BCUT2D eigenvalue weighted by Gasteiger charge is -2.11. The van der Waals surface area contributed by atoms with Gasteiger partial charge >= 0.3 is 0 Å². The molecule has 1 aromatic carbocycles. The molecular weight excluding hydrogens is 198 g/mol. The molecule has 0 spiro atoms. The van der Waals surface area contributed by atoms with Crippen molar-refractivity contribution in [3.63, 3.8) is 0 Å². The summed E-state index contributed by atoms with van der Waals surface area (Å²) < 4.78 is 5.55. The molecule has 0 heterocycles. The summed E-state index contributed by atoms with van der Waals surface area (Å²) in [6, 6.07) is 7.82. The van der Waals surface area contributed by atoms with Crippen molar-refractivity contribution < 1.29 is 4.74 Å². The highest BCUT2D eigenvalue weighted by molar-refractivity contribution is 5.60. The lowest BCUT2D eigenvalue weighted by atomic mass is 10.0. The van der Waals surface area contributed by atoms with Gasteiger partial charge in [0.15, 0.2) is 0 Å². The quantitative estimate of drug-likeness (QED) is 0.555. The first-order valence-electron chi connectivity index (χ1n) is 5.25. The monoisotopic (exact) mass is 213 g/mol. The van der Waals surface area contributed by atoms with E-state index >= 15 is 0 Å². The number of allylic oxidation sites excluding steroid dienone is 2. The van der Waals surface area contributed by atoms with Gasteiger partial charge in [-0.1, -0.05) is 18.2 Å². The zero-order valence-corrected chi connectivity index (χ0v) is 9.44. The van der Waals surface area contributed by atoms with Crippen molar-refractivity contribution in [3.05, 3.63) is 48.1 Å². The summed E-state index contributed by atoms with van der Waals surface area (Å²) in [6.07, 6.45) is 5.84. The van der Waals surface area contributed by atoms with Crippen LogP contribution in [0.15, 0.2) is 36.9 Å². The summed E-state index contributed by atoms with van der Waals surface area (Å²) in [5, 5.41) is 8.53. The minimum Gasteiger partial charge on any atom is -0.494 e. The number of benzene rings is 1. The van der Waals surface area contributed by atoms with E-state index in [1.807, 2.05) is 37.3 Å². The van der Waals surface area contributed by atoms with Crippen molar-refractivity contribution in [1.29, 1.82) is 5.26 Å². The molecule has 0 N–H and O–H groups in total. The number of nitrogens with zero attached hydrogens (tertiary/aromatic N) is 1. The van der Waals surface area contributed by atoms with Crippen molar-refractivity contribution in [1.82, 2.24) is 0 Å².